The molecule has 5 aromatic rings. The Kier molecular flexibility index (Phi) is 3.45. The normalized spacial score (nSPS) is 12.2. The summed E-state index contributed by atoms with van der Waals surface area (Å²) in [5.41, 5.74) is 7.78. The molecule has 0 aliphatic heterocycles. The standard InChI is InChI=1S/C24H23N3O/c1-12(2)15-10-16-9-13(3)14(4)20-21(16)19(11-15)28-24-23(20)27(5)18-8-6-7-17(25)22(18)26-24/h6-12,25H,1-5H3. The molecule has 0 saturated heterocycles. The summed E-state index contributed by atoms with van der Waals surface area (Å²) in [6.45, 7) is 8.73. The van der Waals surface area contributed by atoms with Gasteiger partial charge in [-0.05, 0) is 60.0 Å². The maximum absolute atomic E-state index is 8.27. The first-order valence-corrected chi connectivity index (χ1v) is 9.67. The van der Waals surface area contributed by atoms with E-state index < -0.39 is 0 Å². The molecule has 0 aliphatic rings. The number of aryl methyl sites for hydroxylation is 3. The van der Waals surface area contributed by atoms with Gasteiger partial charge in [0.1, 0.15) is 16.6 Å². The molecule has 0 aliphatic carbocycles. The lowest BCUT2D eigenvalue weighted by molar-refractivity contribution is 0.643. The van der Waals surface area contributed by atoms with E-state index in [9.17, 15) is 0 Å². The molecule has 0 atom stereocenters. The number of benzene rings is 3. The van der Waals surface area contributed by atoms with Crippen molar-refractivity contribution in [3.8, 4) is 0 Å². The molecule has 2 heterocycles. The van der Waals surface area contributed by atoms with E-state index in [1.54, 1.807) is 6.07 Å². The lowest BCUT2D eigenvalue weighted by atomic mass is 9.92. The van der Waals surface area contributed by atoms with E-state index >= 15 is 0 Å². The Morgan fingerprint density at radius 2 is 1.86 bits per heavy atom. The molecule has 0 spiro atoms. The molecule has 0 bridgehead atoms. The molecule has 1 N–H and O–H groups in total. The molecule has 0 amide bonds. The topological polar surface area (TPSA) is 54.8 Å². The lowest BCUT2D eigenvalue weighted by Crippen LogP contribution is -2.08. The number of rotatable bonds is 1. The van der Waals surface area contributed by atoms with Gasteiger partial charge in [0.25, 0.3) is 0 Å². The maximum atomic E-state index is 8.27. The fraction of sp³-hybridized carbons (Fsp3) is 0.250. The second-order valence-corrected chi connectivity index (χ2v) is 8.07. The van der Waals surface area contributed by atoms with Crippen LogP contribution in [0.25, 0.3) is 44.0 Å². The molecule has 3 aromatic carbocycles. The summed E-state index contributed by atoms with van der Waals surface area (Å²) < 4.78 is 8.49. The summed E-state index contributed by atoms with van der Waals surface area (Å²) in [5.74, 6) is 0.413. The van der Waals surface area contributed by atoms with Crippen molar-refractivity contribution >= 4 is 44.0 Å². The minimum Gasteiger partial charge on any atom is -0.436 e. The van der Waals surface area contributed by atoms with Crippen LogP contribution in [0.2, 0.25) is 0 Å². The highest BCUT2D eigenvalue weighted by atomic mass is 16.3. The fourth-order valence-electron chi connectivity index (χ4n) is 4.26. The van der Waals surface area contributed by atoms with Crippen LogP contribution < -0.4 is 5.36 Å². The van der Waals surface area contributed by atoms with Crippen molar-refractivity contribution in [1.82, 2.24) is 9.55 Å². The highest BCUT2D eigenvalue weighted by Gasteiger charge is 2.19. The lowest BCUT2D eigenvalue weighted by Gasteiger charge is -2.18. The van der Waals surface area contributed by atoms with Gasteiger partial charge in [-0.25, -0.2) is 4.98 Å². The zero-order chi connectivity index (χ0) is 19.7. The van der Waals surface area contributed by atoms with Gasteiger partial charge in [0.15, 0.2) is 0 Å². The highest BCUT2D eigenvalue weighted by molar-refractivity contribution is 6.18. The van der Waals surface area contributed by atoms with Gasteiger partial charge in [-0.3, -0.25) is 5.41 Å². The molecule has 28 heavy (non-hydrogen) atoms. The Labute approximate surface area is 162 Å². The Morgan fingerprint density at radius 3 is 2.61 bits per heavy atom. The minimum atomic E-state index is 0.410. The number of nitrogens with zero attached hydrogens (tertiary/aromatic N) is 2. The predicted molar refractivity (Wildman–Crippen MR) is 115 cm³/mol. The molecule has 5 rings (SSSR count). The zero-order valence-electron chi connectivity index (χ0n) is 16.8. The third-order valence-corrected chi connectivity index (χ3v) is 5.98. The van der Waals surface area contributed by atoms with Crippen molar-refractivity contribution in [3.63, 3.8) is 0 Å². The largest absolute Gasteiger partial charge is 0.436 e. The Hall–Kier alpha value is -3.14. The Bertz CT molecular complexity index is 1490. The van der Waals surface area contributed by atoms with E-state index in [2.05, 4.69) is 50.5 Å². The van der Waals surface area contributed by atoms with Crippen LogP contribution in [0.4, 0.5) is 0 Å². The summed E-state index contributed by atoms with van der Waals surface area (Å²) in [7, 11) is 2.03. The average molecular weight is 369 g/mol. The van der Waals surface area contributed by atoms with E-state index in [0.717, 1.165) is 22.0 Å². The summed E-state index contributed by atoms with van der Waals surface area (Å²) >= 11 is 0. The van der Waals surface area contributed by atoms with Crippen LogP contribution in [0.3, 0.4) is 0 Å². The van der Waals surface area contributed by atoms with Gasteiger partial charge in [0, 0.05) is 17.8 Å². The summed E-state index contributed by atoms with van der Waals surface area (Å²) in [4.78, 5) is 4.78. The molecule has 0 unspecified atom stereocenters. The van der Waals surface area contributed by atoms with E-state index in [1.807, 2.05) is 19.2 Å². The third-order valence-electron chi connectivity index (χ3n) is 5.98. The summed E-state index contributed by atoms with van der Waals surface area (Å²) in [6.07, 6.45) is 0. The highest BCUT2D eigenvalue weighted by Crippen LogP contribution is 2.38. The predicted octanol–water partition coefficient (Wildman–Crippen LogP) is 5.85. The van der Waals surface area contributed by atoms with Gasteiger partial charge < -0.3 is 8.98 Å². The van der Waals surface area contributed by atoms with Gasteiger partial charge in [0.2, 0.25) is 5.71 Å². The minimum absolute atomic E-state index is 0.410. The third kappa shape index (κ3) is 2.18. The number of aromatic nitrogens is 2. The summed E-state index contributed by atoms with van der Waals surface area (Å²) in [5, 5.41) is 12.2. The monoisotopic (exact) mass is 369 g/mol. The molecular formula is C24H23N3O. The van der Waals surface area contributed by atoms with Gasteiger partial charge in [-0.1, -0.05) is 32.0 Å². The van der Waals surface area contributed by atoms with E-state index in [0.29, 0.717) is 22.5 Å². The number of fused-ring (bicyclic) bond motifs is 3. The molecule has 140 valence electrons. The summed E-state index contributed by atoms with van der Waals surface area (Å²) in [6, 6.07) is 12.4. The van der Waals surface area contributed by atoms with Gasteiger partial charge >= 0.3 is 0 Å². The van der Waals surface area contributed by atoms with E-state index in [4.69, 9.17) is 14.8 Å². The smallest absolute Gasteiger partial charge is 0.244 e. The Balaban J connectivity index is 2.14. The SMILES string of the molecule is Cc1cc2cc(C(C)C)cc3oc4nc5c(=N)cccc5n(C)c4c(c1C)c23. The van der Waals surface area contributed by atoms with Gasteiger partial charge in [0.05, 0.1) is 10.9 Å². The zero-order valence-corrected chi connectivity index (χ0v) is 16.8. The van der Waals surface area contributed by atoms with Crippen LogP contribution in [0.1, 0.15) is 36.5 Å². The van der Waals surface area contributed by atoms with Crippen LogP contribution in [0, 0.1) is 19.3 Å². The number of nitrogens with one attached hydrogen (secondary N) is 1. The molecule has 0 fully saturated rings. The second-order valence-electron chi connectivity index (χ2n) is 8.07. The number of hydrogen-bond acceptors (Lipinski definition) is 3. The van der Waals surface area contributed by atoms with Crippen LogP contribution in [0.5, 0.6) is 0 Å². The molecule has 0 saturated carbocycles. The van der Waals surface area contributed by atoms with Crippen molar-refractivity contribution in [2.24, 2.45) is 7.05 Å². The number of para-hydroxylation sites is 1. The van der Waals surface area contributed by atoms with Crippen LogP contribution in [-0.2, 0) is 7.05 Å². The van der Waals surface area contributed by atoms with Crippen LogP contribution in [0.15, 0.2) is 40.8 Å². The Morgan fingerprint density at radius 1 is 1.07 bits per heavy atom. The van der Waals surface area contributed by atoms with Crippen LogP contribution in [-0.4, -0.2) is 9.55 Å². The van der Waals surface area contributed by atoms with Crippen molar-refractivity contribution in [2.75, 3.05) is 0 Å². The van der Waals surface area contributed by atoms with Crippen molar-refractivity contribution in [2.45, 2.75) is 33.6 Å². The molecule has 0 radical (unpaired) electrons. The van der Waals surface area contributed by atoms with Crippen molar-refractivity contribution in [1.29, 1.82) is 5.41 Å². The van der Waals surface area contributed by atoms with Crippen LogP contribution >= 0.6 is 0 Å². The first-order chi connectivity index (χ1) is 13.4. The fourth-order valence-corrected chi connectivity index (χ4v) is 4.26. The first-order valence-electron chi connectivity index (χ1n) is 9.67. The maximum Gasteiger partial charge on any atom is 0.244 e. The van der Waals surface area contributed by atoms with Crippen molar-refractivity contribution in [3.05, 3.63) is 58.4 Å². The first kappa shape index (κ1) is 17.0. The quantitative estimate of drug-likeness (QED) is 0.298. The second kappa shape index (κ2) is 5.68. The average Bonchev–Trinajstić information content (AvgIpc) is 2.65. The molecule has 2 aromatic heterocycles. The molecule has 4 nitrogen and oxygen atoms in total. The van der Waals surface area contributed by atoms with Gasteiger partial charge in [-0.2, -0.15) is 0 Å². The molecular weight excluding hydrogens is 346 g/mol. The number of hydrogen-bond donors (Lipinski definition) is 1. The molecule has 4 heteroatoms. The van der Waals surface area contributed by atoms with E-state index in [1.165, 1.54) is 27.5 Å². The van der Waals surface area contributed by atoms with E-state index in [-0.39, 0.29) is 0 Å². The van der Waals surface area contributed by atoms with Crippen molar-refractivity contribution < 1.29 is 4.42 Å². The van der Waals surface area contributed by atoms with Gasteiger partial charge in [-0.15, -0.1) is 0 Å².